The van der Waals surface area contributed by atoms with E-state index in [1.54, 1.807) is 12.1 Å². The minimum absolute atomic E-state index is 0.0539. The van der Waals surface area contributed by atoms with Crippen molar-refractivity contribution in [1.82, 2.24) is 0 Å². The number of hydrogen-bond acceptors (Lipinski definition) is 16. The fourth-order valence-electron chi connectivity index (χ4n) is 5.03. The van der Waals surface area contributed by atoms with E-state index in [9.17, 15) is 45.6 Å². The van der Waals surface area contributed by atoms with Crippen LogP contribution in [-0.2, 0) is 34.9 Å². The molecule has 2 fully saturated rings. The van der Waals surface area contributed by atoms with Crippen molar-refractivity contribution < 1.29 is 78.8 Å². The van der Waals surface area contributed by atoms with Crippen LogP contribution in [0.2, 0.25) is 0 Å². The molecule has 2 aliphatic rings. The molecule has 2 saturated heterocycles. The van der Waals surface area contributed by atoms with Crippen molar-refractivity contribution in [1.29, 1.82) is 0 Å². The van der Waals surface area contributed by atoms with Crippen LogP contribution in [0.1, 0.15) is 11.1 Å². The van der Waals surface area contributed by atoms with Gasteiger partial charge >= 0.3 is 5.97 Å². The molecule has 0 aromatic heterocycles. The van der Waals surface area contributed by atoms with Crippen LogP contribution in [0.25, 0.3) is 6.08 Å². The van der Waals surface area contributed by atoms with E-state index in [2.05, 4.69) is 0 Å². The first kappa shape index (κ1) is 36.3. The summed E-state index contributed by atoms with van der Waals surface area (Å²) in [5.41, 5.74) is 1.17. The Balaban J connectivity index is 1.46. The molecule has 2 aliphatic heterocycles. The van der Waals surface area contributed by atoms with Gasteiger partial charge in [0.15, 0.2) is 35.6 Å². The number of aliphatic hydroxyl groups is 6. The van der Waals surface area contributed by atoms with Gasteiger partial charge in [-0.25, -0.2) is 4.79 Å². The Morgan fingerprint density at radius 2 is 1.53 bits per heavy atom. The molecule has 16 nitrogen and oxygen atoms in total. The minimum Gasteiger partial charge on any atom is -0.504 e. The zero-order valence-electron chi connectivity index (χ0n) is 25.6. The van der Waals surface area contributed by atoms with Crippen LogP contribution in [0.4, 0.5) is 0 Å². The van der Waals surface area contributed by atoms with E-state index in [-0.39, 0.29) is 36.0 Å². The van der Waals surface area contributed by atoms with Crippen molar-refractivity contribution in [2.45, 2.75) is 67.8 Å². The number of benzene rings is 2. The lowest BCUT2D eigenvalue weighted by Crippen LogP contribution is -2.65. The molecule has 0 saturated carbocycles. The van der Waals surface area contributed by atoms with Gasteiger partial charge in [0.2, 0.25) is 0 Å². The van der Waals surface area contributed by atoms with Gasteiger partial charge in [-0.2, -0.15) is 0 Å². The maximum absolute atomic E-state index is 12.5. The summed E-state index contributed by atoms with van der Waals surface area (Å²) in [6.07, 6.45) is -13.4. The molecule has 8 N–H and O–H groups in total. The number of carbonyl (C=O) groups excluding carboxylic acids is 1. The van der Waals surface area contributed by atoms with E-state index in [0.717, 1.165) is 6.08 Å². The number of ether oxygens (including phenoxy) is 7. The van der Waals surface area contributed by atoms with Crippen molar-refractivity contribution in [2.24, 2.45) is 0 Å². The van der Waals surface area contributed by atoms with Crippen LogP contribution in [0.5, 0.6) is 23.0 Å². The van der Waals surface area contributed by atoms with Crippen molar-refractivity contribution >= 4 is 12.0 Å². The van der Waals surface area contributed by atoms with Gasteiger partial charge in [-0.15, -0.1) is 0 Å². The lowest BCUT2D eigenvalue weighted by atomic mass is 9.97. The van der Waals surface area contributed by atoms with Crippen molar-refractivity contribution in [3.63, 3.8) is 0 Å². The number of rotatable bonds is 13. The Kier molecular flexibility index (Phi) is 12.8. The third-order valence-electron chi connectivity index (χ3n) is 7.70. The molecule has 0 aliphatic carbocycles. The van der Waals surface area contributed by atoms with Crippen LogP contribution >= 0.6 is 0 Å². The summed E-state index contributed by atoms with van der Waals surface area (Å²) in [6, 6.07) is 9.14. The van der Waals surface area contributed by atoms with Crippen LogP contribution in [0.15, 0.2) is 42.5 Å². The first-order valence-corrected chi connectivity index (χ1v) is 14.6. The molecule has 0 bridgehead atoms. The molecule has 2 aromatic rings. The van der Waals surface area contributed by atoms with E-state index in [1.807, 2.05) is 0 Å². The molecule has 260 valence electrons. The molecule has 10 atom stereocenters. The summed E-state index contributed by atoms with van der Waals surface area (Å²) >= 11 is 0. The van der Waals surface area contributed by atoms with E-state index >= 15 is 0 Å². The monoisotopic (exact) mass is 668 g/mol. The smallest absolute Gasteiger partial charge is 0.330 e. The second-order valence-corrected chi connectivity index (χ2v) is 10.8. The number of aliphatic hydroxyl groups excluding tert-OH is 6. The average molecular weight is 669 g/mol. The molecule has 2 aromatic carbocycles. The predicted octanol–water partition coefficient (Wildman–Crippen LogP) is -1.44. The maximum Gasteiger partial charge on any atom is 0.330 e. The van der Waals surface area contributed by atoms with Crippen LogP contribution in [0.3, 0.4) is 0 Å². The van der Waals surface area contributed by atoms with Gasteiger partial charge in [-0.3, -0.25) is 0 Å². The lowest BCUT2D eigenvalue weighted by Gasteiger charge is -2.46. The summed E-state index contributed by atoms with van der Waals surface area (Å²) in [4.78, 5) is 12.5. The number of hydrogen-bond donors (Lipinski definition) is 8. The molecule has 47 heavy (non-hydrogen) atoms. The summed E-state index contributed by atoms with van der Waals surface area (Å²) in [5.74, 6) is -0.536. The fourth-order valence-corrected chi connectivity index (χ4v) is 5.03. The number of esters is 1. The number of phenolic OH excluding ortho intramolecular Hbond substituents is 2. The second-order valence-electron chi connectivity index (χ2n) is 10.8. The molecular formula is C31H40O16. The van der Waals surface area contributed by atoms with E-state index in [4.69, 9.17) is 33.2 Å². The highest BCUT2D eigenvalue weighted by molar-refractivity contribution is 5.87. The van der Waals surface area contributed by atoms with Crippen LogP contribution in [-0.4, -0.2) is 142 Å². The molecule has 0 spiro atoms. The molecule has 4 rings (SSSR count). The van der Waals surface area contributed by atoms with E-state index in [0.29, 0.717) is 11.1 Å². The molecule has 16 heteroatoms. The molecule has 0 radical (unpaired) electrons. The maximum atomic E-state index is 12.5. The Morgan fingerprint density at radius 1 is 0.809 bits per heavy atom. The van der Waals surface area contributed by atoms with Crippen LogP contribution < -0.4 is 9.47 Å². The normalized spacial score (nSPS) is 31.1. The quantitative estimate of drug-likeness (QED) is 0.0900. The average Bonchev–Trinajstić information content (AvgIpc) is 3.06. The third-order valence-corrected chi connectivity index (χ3v) is 7.70. The third kappa shape index (κ3) is 8.88. The molecule has 10 unspecified atom stereocenters. The minimum atomic E-state index is -1.84. The fraction of sp³-hybridized carbons (Fsp3) is 0.516. The molecule has 0 amide bonds. The van der Waals surface area contributed by atoms with E-state index in [1.165, 1.54) is 44.6 Å². The van der Waals surface area contributed by atoms with Gasteiger partial charge in [0.25, 0.3) is 0 Å². The Bertz CT molecular complexity index is 1350. The van der Waals surface area contributed by atoms with Gasteiger partial charge in [0.1, 0.15) is 55.4 Å². The highest BCUT2D eigenvalue weighted by Crippen LogP contribution is 2.31. The highest BCUT2D eigenvalue weighted by Gasteiger charge is 2.51. The number of methoxy groups -OCH3 is 2. The number of carbonyl (C=O) groups is 1. The van der Waals surface area contributed by atoms with Crippen LogP contribution in [0, 0.1) is 0 Å². The van der Waals surface area contributed by atoms with Crippen molar-refractivity contribution in [2.75, 3.05) is 34.0 Å². The standard InChI is InChI=1S/C31H40O16/c1-41-19-7-4-16(11-18(19)34)9-10-43-30-28(40)29(47-31-27(39)26(38)24(36)21(13-32)45-31)25(37)22(46-30)14-44-23(35)8-5-15-3-6-17(33)20(12-15)42-2/h3-8,11-12,21-22,24-34,36-40H,9-10,13-14H2,1-2H3. The number of aromatic hydroxyl groups is 2. The Morgan fingerprint density at radius 3 is 2.21 bits per heavy atom. The Hall–Kier alpha value is -3.55. The first-order valence-electron chi connectivity index (χ1n) is 14.6. The second kappa shape index (κ2) is 16.5. The summed E-state index contributed by atoms with van der Waals surface area (Å²) in [6.45, 7) is -1.34. The topological polar surface area (TPSA) is 244 Å². The van der Waals surface area contributed by atoms with Crippen molar-refractivity contribution in [3.05, 3.63) is 53.6 Å². The molecule has 2 heterocycles. The summed E-state index contributed by atoms with van der Waals surface area (Å²) in [7, 11) is 2.78. The lowest BCUT2D eigenvalue weighted by molar-refractivity contribution is -0.360. The zero-order chi connectivity index (χ0) is 34.2. The first-order chi connectivity index (χ1) is 22.5. The largest absolute Gasteiger partial charge is 0.504 e. The van der Waals surface area contributed by atoms with Gasteiger partial charge in [0, 0.05) is 6.08 Å². The van der Waals surface area contributed by atoms with E-state index < -0.39 is 80.6 Å². The molecular weight excluding hydrogens is 628 g/mol. The van der Waals surface area contributed by atoms with Gasteiger partial charge in [0.05, 0.1) is 27.4 Å². The Labute approximate surface area is 269 Å². The SMILES string of the molecule is COc1ccc(CCOC2OC(COC(=O)C=Cc3ccc(O)c(OC)c3)C(O)C(OC3OC(CO)C(O)C(O)C3O)C2O)cc1O. The van der Waals surface area contributed by atoms with Crippen molar-refractivity contribution in [3.8, 4) is 23.0 Å². The zero-order valence-corrected chi connectivity index (χ0v) is 25.6. The predicted molar refractivity (Wildman–Crippen MR) is 158 cm³/mol. The van der Waals surface area contributed by atoms with Gasteiger partial charge in [-0.05, 0) is 47.9 Å². The number of phenols is 2. The summed E-state index contributed by atoms with van der Waals surface area (Å²) in [5, 5.41) is 82.3. The van der Waals surface area contributed by atoms with Gasteiger partial charge in [-0.1, -0.05) is 12.1 Å². The summed E-state index contributed by atoms with van der Waals surface area (Å²) < 4.78 is 37.9. The van der Waals surface area contributed by atoms with Gasteiger partial charge < -0.3 is 74.0 Å². The highest BCUT2D eigenvalue weighted by atomic mass is 16.7.